The van der Waals surface area contributed by atoms with Crippen molar-refractivity contribution in [3.63, 3.8) is 0 Å². The lowest BCUT2D eigenvalue weighted by atomic mass is 10.1. The normalized spacial score (nSPS) is 14.7. The summed E-state index contributed by atoms with van der Waals surface area (Å²) in [6.45, 7) is 5.82. The minimum absolute atomic E-state index is 0. The zero-order valence-corrected chi connectivity index (χ0v) is 18.0. The highest BCUT2D eigenvalue weighted by Gasteiger charge is 2.18. The second kappa shape index (κ2) is 9.77. The summed E-state index contributed by atoms with van der Waals surface area (Å²) >= 11 is 0. The molecule has 0 bridgehead atoms. The minimum atomic E-state index is -0.212. The molecule has 0 spiro atoms. The van der Waals surface area contributed by atoms with Crippen LogP contribution in [-0.4, -0.2) is 44.1 Å². The zero-order chi connectivity index (χ0) is 18.5. The van der Waals surface area contributed by atoms with Crippen LogP contribution in [0.3, 0.4) is 0 Å². The van der Waals surface area contributed by atoms with Crippen LogP contribution in [-0.2, 0) is 6.54 Å². The number of piperazine rings is 1. The number of aliphatic imine (C=N–C) groups is 1. The van der Waals surface area contributed by atoms with E-state index in [2.05, 4.69) is 20.9 Å². The van der Waals surface area contributed by atoms with Gasteiger partial charge in [0.15, 0.2) is 5.96 Å². The number of rotatable bonds is 4. The lowest BCUT2D eigenvalue weighted by Gasteiger charge is -2.36. The topological polar surface area (TPSA) is 54.1 Å². The highest BCUT2D eigenvalue weighted by atomic mass is 127. The van der Waals surface area contributed by atoms with E-state index in [1.54, 1.807) is 7.11 Å². The number of methoxy groups -OCH3 is 1. The molecule has 0 unspecified atom stereocenters. The first-order valence-corrected chi connectivity index (χ1v) is 8.75. The van der Waals surface area contributed by atoms with Gasteiger partial charge in [-0.05, 0) is 54.4 Å². The molecule has 0 aliphatic carbocycles. The Kier molecular flexibility index (Phi) is 7.70. The van der Waals surface area contributed by atoms with Gasteiger partial charge in [0.1, 0.15) is 11.6 Å². The van der Waals surface area contributed by atoms with E-state index in [1.165, 1.54) is 12.1 Å². The molecule has 27 heavy (non-hydrogen) atoms. The first-order chi connectivity index (χ1) is 12.5. The average Bonchev–Trinajstić information content (AvgIpc) is 2.66. The van der Waals surface area contributed by atoms with E-state index in [1.807, 2.05) is 31.2 Å². The third-order valence-electron chi connectivity index (χ3n) is 4.57. The van der Waals surface area contributed by atoms with Crippen LogP contribution < -0.4 is 15.4 Å². The Morgan fingerprint density at radius 2 is 1.78 bits per heavy atom. The second-order valence-corrected chi connectivity index (χ2v) is 6.48. The lowest BCUT2D eigenvalue weighted by Crippen LogP contribution is -2.51. The predicted molar refractivity (Wildman–Crippen MR) is 119 cm³/mol. The Balaban J connectivity index is 0.00000261. The van der Waals surface area contributed by atoms with Gasteiger partial charge in [-0.25, -0.2) is 9.38 Å². The SMILES string of the molecule is COc1cc(C)cc(CN=C(N)N2CCN(c3ccc(F)cc3)CC2)c1.I. The van der Waals surface area contributed by atoms with E-state index in [0.717, 1.165) is 48.7 Å². The summed E-state index contributed by atoms with van der Waals surface area (Å²) in [4.78, 5) is 8.86. The highest BCUT2D eigenvalue weighted by Crippen LogP contribution is 2.18. The van der Waals surface area contributed by atoms with Crippen molar-refractivity contribution in [2.75, 3.05) is 38.2 Å². The van der Waals surface area contributed by atoms with Crippen LogP contribution in [0.1, 0.15) is 11.1 Å². The molecule has 0 amide bonds. The number of anilines is 1. The first-order valence-electron chi connectivity index (χ1n) is 8.75. The summed E-state index contributed by atoms with van der Waals surface area (Å²) in [7, 11) is 1.66. The number of aryl methyl sites for hydroxylation is 1. The molecule has 1 aliphatic rings. The summed E-state index contributed by atoms with van der Waals surface area (Å²) < 4.78 is 18.4. The van der Waals surface area contributed by atoms with Crippen LogP contribution in [0.2, 0.25) is 0 Å². The summed E-state index contributed by atoms with van der Waals surface area (Å²) in [6, 6.07) is 12.7. The maximum atomic E-state index is 13.1. The molecule has 2 aromatic carbocycles. The fourth-order valence-electron chi connectivity index (χ4n) is 3.15. The van der Waals surface area contributed by atoms with Crippen LogP contribution in [0.5, 0.6) is 5.75 Å². The van der Waals surface area contributed by atoms with Gasteiger partial charge in [0.2, 0.25) is 0 Å². The fourth-order valence-corrected chi connectivity index (χ4v) is 3.15. The number of guanidine groups is 1. The third-order valence-corrected chi connectivity index (χ3v) is 4.57. The van der Waals surface area contributed by atoms with Crippen molar-refractivity contribution in [3.05, 3.63) is 59.4 Å². The molecular weight excluding hydrogens is 458 g/mol. The van der Waals surface area contributed by atoms with Gasteiger partial charge in [-0.2, -0.15) is 0 Å². The molecule has 1 saturated heterocycles. The summed E-state index contributed by atoms with van der Waals surface area (Å²) in [5, 5.41) is 0. The molecule has 0 saturated carbocycles. The van der Waals surface area contributed by atoms with Crippen LogP contribution in [0, 0.1) is 12.7 Å². The predicted octanol–water partition coefficient (Wildman–Crippen LogP) is 3.40. The van der Waals surface area contributed by atoms with Crippen molar-refractivity contribution in [2.24, 2.45) is 10.7 Å². The minimum Gasteiger partial charge on any atom is -0.497 e. The van der Waals surface area contributed by atoms with Crippen LogP contribution in [0.25, 0.3) is 0 Å². The summed E-state index contributed by atoms with van der Waals surface area (Å²) in [5.41, 5.74) is 9.44. The van der Waals surface area contributed by atoms with E-state index in [-0.39, 0.29) is 29.8 Å². The zero-order valence-electron chi connectivity index (χ0n) is 15.7. The Hall–Kier alpha value is -2.03. The van der Waals surface area contributed by atoms with Crippen LogP contribution in [0.15, 0.2) is 47.5 Å². The van der Waals surface area contributed by atoms with E-state index in [9.17, 15) is 4.39 Å². The quantitative estimate of drug-likeness (QED) is 0.411. The van der Waals surface area contributed by atoms with E-state index < -0.39 is 0 Å². The largest absolute Gasteiger partial charge is 0.497 e. The van der Waals surface area contributed by atoms with Crippen molar-refractivity contribution in [1.82, 2.24) is 4.90 Å². The number of ether oxygens (including phenoxy) is 1. The Morgan fingerprint density at radius 1 is 1.11 bits per heavy atom. The molecule has 0 atom stereocenters. The summed E-state index contributed by atoms with van der Waals surface area (Å²) in [6.07, 6.45) is 0. The molecule has 2 aromatic rings. The third kappa shape index (κ3) is 5.72. The van der Waals surface area contributed by atoms with E-state index in [0.29, 0.717) is 12.5 Å². The summed E-state index contributed by atoms with van der Waals surface area (Å²) in [5.74, 6) is 1.18. The molecular formula is C20H26FIN4O. The Bertz CT molecular complexity index is 774. The Morgan fingerprint density at radius 3 is 2.41 bits per heavy atom. The number of halogens is 2. The van der Waals surface area contributed by atoms with E-state index >= 15 is 0 Å². The molecule has 7 heteroatoms. The molecule has 1 fully saturated rings. The molecule has 0 radical (unpaired) electrons. The van der Waals surface area contributed by atoms with Gasteiger partial charge in [-0.1, -0.05) is 6.07 Å². The smallest absolute Gasteiger partial charge is 0.191 e. The molecule has 1 heterocycles. The maximum absolute atomic E-state index is 13.1. The van der Waals surface area contributed by atoms with Gasteiger partial charge < -0.3 is 20.3 Å². The van der Waals surface area contributed by atoms with Crippen LogP contribution in [0.4, 0.5) is 10.1 Å². The molecule has 3 rings (SSSR count). The van der Waals surface area contributed by atoms with Crippen LogP contribution >= 0.6 is 24.0 Å². The molecule has 1 aliphatic heterocycles. The van der Waals surface area contributed by atoms with Gasteiger partial charge in [0, 0.05) is 31.9 Å². The maximum Gasteiger partial charge on any atom is 0.191 e. The van der Waals surface area contributed by atoms with Gasteiger partial charge in [0.25, 0.3) is 0 Å². The van der Waals surface area contributed by atoms with Gasteiger partial charge >= 0.3 is 0 Å². The van der Waals surface area contributed by atoms with Crippen molar-refractivity contribution in [2.45, 2.75) is 13.5 Å². The van der Waals surface area contributed by atoms with Crippen molar-refractivity contribution >= 4 is 35.6 Å². The molecule has 146 valence electrons. The number of nitrogens with two attached hydrogens (primary N) is 1. The number of hydrogen-bond donors (Lipinski definition) is 1. The van der Waals surface area contributed by atoms with Gasteiger partial charge in [0.05, 0.1) is 13.7 Å². The second-order valence-electron chi connectivity index (χ2n) is 6.48. The van der Waals surface area contributed by atoms with Gasteiger partial charge in [-0.3, -0.25) is 0 Å². The van der Waals surface area contributed by atoms with Crippen molar-refractivity contribution in [1.29, 1.82) is 0 Å². The molecule has 2 N–H and O–H groups in total. The Labute approximate surface area is 177 Å². The molecule has 5 nitrogen and oxygen atoms in total. The van der Waals surface area contributed by atoms with Crippen molar-refractivity contribution in [3.8, 4) is 5.75 Å². The van der Waals surface area contributed by atoms with E-state index in [4.69, 9.17) is 10.5 Å². The number of benzene rings is 2. The standard InChI is InChI=1S/C20H25FN4O.HI/c1-15-11-16(13-19(12-15)26-2)14-23-20(22)25-9-7-24(8-10-25)18-5-3-17(21)4-6-18;/h3-6,11-13H,7-10,14H2,1-2H3,(H2,22,23);1H. The molecule has 0 aromatic heterocycles. The fraction of sp³-hybridized carbons (Fsp3) is 0.350. The lowest BCUT2D eigenvalue weighted by molar-refractivity contribution is 0.380. The van der Waals surface area contributed by atoms with Crippen molar-refractivity contribution < 1.29 is 9.13 Å². The first kappa shape index (κ1) is 21.3. The average molecular weight is 484 g/mol. The highest BCUT2D eigenvalue weighted by molar-refractivity contribution is 14.0. The number of hydrogen-bond acceptors (Lipinski definition) is 3. The van der Waals surface area contributed by atoms with Gasteiger partial charge in [-0.15, -0.1) is 24.0 Å². The monoisotopic (exact) mass is 484 g/mol. The number of nitrogens with zero attached hydrogens (tertiary/aromatic N) is 3.